The first kappa shape index (κ1) is 13.1. The quantitative estimate of drug-likeness (QED) is 0.877. The summed E-state index contributed by atoms with van der Waals surface area (Å²) in [6.07, 6.45) is 1.59. The Morgan fingerprint density at radius 3 is 2.53 bits per heavy atom. The second kappa shape index (κ2) is 5.51. The number of nitrogens with zero attached hydrogens (tertiary/aromatic N) is 2. The molecular formula is C15H15N3O. The molecule has 0 saturated carbocycles. The molecule has 0 bridgehead atoms. The molecule has 2 aromatic rings. The summed E-state index contributed by atoms with van der Waals surface area (Å²) in [4.78, 5) is 4.00. The lowest BCUT2D eigenvalue weighted by Gasteiger charge is -2.30. The number of rotatable bonds is 4. The Morgan fingerprint density at radius 2 is 2.00 bits per heavy atom. The highest BCUT2D eigenvalue weighted by Crippen LogP contribution is 2.25. The molecule has 2 rings (SSSR count). The molecule has 1 heterocycles. The first-order valence-corrected chi connectivity index (χ1v) is 5.99. The Morgan fingerprint density at radius 1 is 1.26 bits per heavy atom. The summed E-state index contributed by atoms with van der Waals surface area (Å²) in [6, 6.07) is 15.1. The van der Waals surface area contributed by atoms with E-state index in [1.165, 1.54) is 0 Å². The zero-order valence-corrected chi connectivity index (χ0v) is 10.7. The summed E-state index contributed by atoms with van der Waals surface area (Å²) >= 11 is 0. The van der Waals surface area contributed by atoms with Crippen LogP contribution in [0.1, 0.15) is 18.2 Å². The van der Waals surface area contributed by atoms with Gasteiger partial charge >= 0.3 is 0 Å². The minimum Gasteiger partial charge on any atom is -0.394 e. The van der Waals surface area contributed by atoms with Crippen molar-refractivity contribution in [1.29, 1.82) is 5.26 Å². The second-order valence-electron chi connectivity index (χ2n) is 4.53. The van der Waals surface area contributed by atoms with Crippen molar-refractivity contribution in [3.8, 4) is 6.07 Å². The van der Waals surface area contributed by atoms with Crippen molar-refractivity contribution in [1.82, 2.24) is 4.98 Å². The molecule has 0 saturated heterocycles. The van der Waals surface area contributed by atoms with E-state index in [0.717, 1.165) is 11.3 Å². The van der Waals surface area contributed by atoms with E-state index >= 15 is 0 Å². The second-order valence-corrected chi connectivity index (χ2v) is 4.53. The molecule has 0 aliphatic heterocycles. The molecule has 1 atom stereocenters. The first-order valence-electron chi connectivity index (χ1n) is 5.99. The standard InChI is InChI=1S/C15H15N3O/c1-15(11-19,12-5-3-2-4-6-12)18-14-8-7-13(9-16)17-10-14/h2-8,10,18-19H,11H2,1H3. The Bertz CT molecular complexity index is 575. The van der Waals surface area contributed by atoms with Crippen LogP contribution in [0.15, 0.2) is 48.7 Å². The summed E-state index contributed by atoms with van der Waals surface area (Å²) in [7, 11) is 0. The third-order valence-corrected chi connectivity index (χ3v) is 3.03. The SMILES string of the molecule is CC(CO)(Nc1ccc(C#N)nc1)c1ccccc1. The lowest BCUT2D eigenvalue weighted by Crippen LogP contribution is -2.35. The number of nitrogens with one attached hydrogen (secondary N) is 1. The lowest BCUT2D eigenvalue weighted by atomic mass is 9.92. The molecule has 1 unspecified atom stereocenters. The number of hydrogen-bond acceptors (Lipinski definition) is 4. The van der Waals surface area contributed by atoms with Gasteiger partial charge in [-0.3, -0.25) is 0 Å². The highest BCUT2D eigenvalue weighted by atomic mass is 16.3. The van der Waals surface area contributed by atoms with Crippen molar-refractivity contribution < 1.29 is 5.11 Å². The Hall–Kier alpha value is -2.38. The van der Waals surface area contributed by atoms with Gasteiger partial charge in [0, 0.05) is 0 Å². The summed E-state index contributed by atoms with van der Waals surface area (Å²) in [5, 5.41) is 21.6. The molecule has 0 aliphatic carbocycles. The average molecular weight is 253 g/mol. The molecule has 96 valence electrons. The highest BCUT2D eigenvalue weighted by molar-refractivity contribution is 5.47. The zero-order valence-electron chi connectivity index (χ0n) is 10.7. The topological polar surface area (TPSA) is 68.9 Å². The van der Waals surface area contributed by atoms with Crippen molar-refractivity contribution in [3.63, 3.8) is 0 Å². The van der Waals surface area contributed by atoms with Gasteiger partial charge in [0.25, 0.3) is 0 Å². The van der Waals surface area contributed by atoms with Gasteiger partial charge in [0.05, 0.1) is 24.0 Å². The molecule has 1 aromatic carbocycles. The minimum atomic E-state index is -0.586. The van der Waals surface area contributed by atoms with Crippen molar-refractivity contribution in [3.05, 3.63) is 59.9 Å². The summed E-state index contributed by atoms with van der Waals surface area (Å²) in [5.41, 5.74) is 1.54. The Kier molecular flexibility index (Phi) is 3.79. The van der Waals surface area contributed by atoms with Crippen LogP contribution in [0, 0.1) is 11.3 Å². The van der Waals surface area contributed by atoms with E-state index < -0.39 is 5.54 Å². The van der Waals surface area contributed by atoms with Gasteiger partial charge in [-0.05, 0) is 24.6 Å². The lowest BCUT2D eigenvalue weighted by molar-refractivity contribution is 0.224. The normalized spacial score (nSPS) is 13.3. The van der Waals surface area contributed by atoms with Crippen LogP contribution in [0.3, 0.4) is 0 Å². The smallest absolute Gasteiger partial charge is 0.140 e. The minimum absolute atomic E-state index is 0.0446. The Balaban J connectivity index is 2.25. The monoisotopic (exact) mass is 253 g/mol. The number of benzene rings is 1. The molecule has 19 heavy (non-hydrogen) atoms. The number of anilines is 1. The van der Waals surface area contributed by atoms with Crippen LogP contribution in [-0.2, 0) is 5.54 Å². The molecule has 0 radical (unpaired) electrons. The third kappa shape index (κ3) is 2.90. The number of aliphatic hydroxyl groups excluding tert-OH is 1. The van der Waals surface area contributed by atoms with E-state index in [0.29, 0.717) is 5.69 Å². The molecule has 0 spiro atoms. The van der Waals surface area contributed by atoms with Crippen LogP contribution in [0.5, 0.6) is 0 Å². The van der Waals surface area contributed by atoms with Gasteiger partial charge in [-0.2, -0.15) is 5.26 Å². The van der Waals surface area contributed by atoms with E-state index in [4.69, 9.17) is 5.26 Å². The zero-order chi connectivity index (χ0) is 13.7. The number of aliphatic hydroxyl groups is 1. The van der Waals surface area contributed by atoms with Crippen LogP contribution >= 0.6 is 0 Å². The molecular weight excluding hydrogens is 238 g/mol. The Labute approximate surface area is 112 Å². The van der Waals surface area contributed by atoms with Gasteiger partial charge < -0.3 is 10.4 Å². The first-order chi connectivity index (χ1) is 9.18. The molecule has 2 N–H and O–H groups in total. The van der Waals surface area contributed by atoms with E-state index in [2.05, 4.69) is 10.3 Å². The molecule has 1 aromatic heterocycles. The fraction of sp³-hybridized carbons (Fsp3) is 0.200. The molecule has 4 nitrogen and oxygen atoms in total. The summed E-state index contributed by atoms with van der Waals surface area (Å²) < 4.78 is 0. The fourth-order valence-corrected chi connectivity index (χ4v) is 1.86. The number of nitriles is 1. The van der Waals surface area contributed by atoms with Gasteiger partial charge in [0.2, 0.25) is 0 Å². The average Bonchev–Trinajstić information content (AvgIpc) is 2.49. The molecule has 0 aliphatic rings. The predicted octanol–water partition coefficient (Wildman–Crippen LogP) is 2.27. The fourth-order valence-electron chi connectivity index (χ4n) is 1.86. The van der Waals surface area contributed by atoms with Crippen molar-refractivity contribution in [2.45, 2.75) is 12.5 Å². The molecule has 4 heteroatoms. The highest BCUT2D eigenvalue weighted by Gasteiger charge is 2.25. The van der Waals surface area contributed by atoms with Gasteiger partial charge in [-0.1, -0.05) is 30.3 Å². The summed E-state index contributed by atoms with van der Waals surface area (Å²) in [5.74, 6) is 0. The van der Waals surface area contributed by atoms with E-state index in [9.17, 15) is 5.11 Å². The molecule has 0 amide bonds. The van der Waals surface area contributed by atoms with Gasteiger partial charge in [-0.25, -0.2) is 4.98 Å². The summed E-state index contributed by atoms with van der Waals surface area (Å²) in [6.45, 7) is 1.87. The largest absolute Gasteiger partial charge is 0.394 e. The maximum Gasteiger partial charge on any atom is 0.140 e. The van der Waals surface area contributed by atoms with Gasteiger partial charge in [-0.15, -0.1) is 0 Å². The van der Waals surface area contributed by atoms with Crippen molar-refractivity contribution in [2.24, 2.45) is 0 Å². The maximum atomic E-state index is 9.67. The predicted molar refractivity (Wildman–Crippen MR) is 73.5 cm³/mol. The van der Waals surface area contributed by atoms with E-state index in [-0.39, 0.29) is 6.61 Å². The molecule has 0 fully saturated rings. The van der Waals surface area contributed by atoms with E-state index in [1.54, 1.807) is 18.3 Å². The third-order valence-electron chi connectivity index (χ3n) is 3.03. The van der Waals surface area contributed by atoms with Crippen LogP contribution in [0.4, 0.5) is 5.69 Å². The van der Waals surface area contributed by atoms with Gasteiger partial charge in [0.15, 0.2) is 0 Å². The van der Waals surface area contributed by atoms with Crippen LogP contribution < -0.4 is 5.32 Å². The number of hydrogen-bond donors (Lipinski definition) is 2. The number of aromatic nitrogens is 1. The maximum absolute atomic E-state index is 9.67. The van der Waals surface area contributed by atoms with Gasteiger partial charge in [0.1, 0.15) is 11.8 Å². The number of pyridine rings is 1. The van der Waals surface area contributed by atoms with Crippen LogP contribution in [0.25, 0.3) is 0 Å². The van der Waals surface area contributed by atoms with Crippen molar-refractivity contribution >= 4 is 5.69 Å². The van der Waals surface area contributed by atoms with Crippen LogP contribution in [0.2, 0.25) is 0 Å². The van der Waals surface area contributed by atoms with Crippen molar-refractivity contribution in [2.75, 3.05) is 11.9 Å². The van der Waals surface area contributed by atoms with Crippen LogP contribution in [-0.4, -0.2) is 16.7 Å². The van der Waals surface area contributed by atoms with E-state index in [1.807, 2.05) is 43.3 Å².